The van der Waals surface area contributed by atoms with Gasteiger partial charge < -0.3 is 10.1 Å². The zero-order valence-corrected chi connectivity index (χ0v) is 13.2. The summed E-state index contributed by atoms with van der Waals surface area (Å²) < 4.78 is 5.75. The Morgan fingerprint density at radius 2 is 1.95 bits per heavy atom. The van der Waals surface area contributed by atoms with Crippen molar-refractivity contribution in [2.45, 2.75) is 65.1 Å². The molecular formula is C16H32N2O. The minimum Gasteiger partial charge on any atom is -0.377 e. The normalized spacial score (nSPS) is 29.4. The van der Waals surface area contributed by atoms with Crippen LogP contribution in [0.25, 0.3) is 0 Å². The van der Waals surface area contributed by atoms with E-state index in [1.165, 1.54) is 32.4 Å². The molecule has 19 heavy (non-hydrogen) atoms. The van der Waals surface area contributed by atoms with Crippen LogP contribution in [0.15, 0.2) is 0 Å². The molecule has 112 valence electrons. The van der Waals surface area contributed by atoms with Crippen molar-refractivity contribution in [2.24, 2.45) is 11.8 Å². The molecule has 3 heteroatoms. The maximum Gasteiger partial charge on any atom is 0.0597 e. The molecule has 1 saturated heterocycles. The third-order valence-corrected chi connectivity index (χ3v) is 4.29. The van der Waals surface area contributed by atoms with Gasteiger partial charge in [0.1, 0.15) is 0 Å². The van der Waals surface area contributed by atoms with Gasteiger partial charge in [0.15, 0.2) is 0 Å². The number of nitrogens with one attached hydrogen (secondary N) is 1. The van der Waals surface area contributed by atoms with Gasteiger partial charge in [0.2, 0.25) is 0 Å². The Hall–Kier alpha value is -0.120. The molecule has 0 aromatic rings. The molecule has 2 unspecified atom stereocenters. The van der Waals surface area contributed by atoms with Crippen LogP contribution in [-0.4, -0.2) is 49.3 Å². The van der Waals surface area contributed by atoms with Gasteiger partial charge >= 0.3 is 0 Å². The van der Waals surface area contributed by atoms with E-state index in [-0.39, 0.29) is 0 Å². The van der Waals surface area contributed by atoms with Crippen molar-refractivity contribution in [3.8, 4) is 0 Å². The van der Waals surface area contributed by atoms with Crippen molar-refractivity contribution < 1.29 is 4.74 Å². The monoisotopic (exact) mass is 268 g/mol. The van der Waals surface area contributed by atoms with Gasteiger partial charge in [-0.2, -0.15) is 0 Å². The quantitative estimate of drug-likeness (QED) is 0.768. The fourth-order valence-electron chi connectivity index (χ4n) is 3.24. The molecule has 2 rings (SSSR count). The molecule has 2 atom stereocenters. The number of hydrogen-bond donors (Lipinski definition) is 1. The summed E-state index contributed by atoms with van der Waals surface area (Å²) >= 11 is 0. The summed E-state index contributed by atoms with van der Waals surface area (Å²) in [5, 5.41) is 3.77. The van der Waals surface area contributed by atoms with Gasteiger partial charge in [-0.25, -0.2) is 0 Å². The molecule has 2 aliphatic rings. The molecule has 1 saturated carbocycles. The Balaban J connectivity index is 1.81. The molecule has 3 nitrogen and oxygen atoms in total. The molecule has 0 bridgehead atoms. The average Bonchev–Trinajstić information content (AvgIpc) is 3.12. The molecule has 0 amide bonds. The predicted molar refractivity (Wildman–Crippen MR) is 80.4 cm³/mol. The fraction of sp³-hybridized carbons (Fsp3) is 1.00. The zero-order chi connectivity index (χ0) is 13.8. The van der Waals surface area contributed by atoms with Crippen molar-refractivity contribution >= 4 is 0 Å². The van der Waals surface area contributed by atoms with E-state index in [1.807, 2.05) is 0 Å². The van der Waals surface area contributed by atoms with Crippen molar-refractivity contribution in [3.63, 3.8) is 0 Å². The Kier molecular flexibility index (Phi) is 5.67. The molecule has 1 N–H and O–H groups in total. The lowest BCUT2D eigenvalue weighted by molar-refractivity contribution is 0.0306. The maximum atomic E-state index is 5.75. The van der Waals surface area contributed by atoms with Crippen LogP contribution in [0, 0.1) is 11.8 Å². The second kappa shape index (κ2) is 7.05. The van der Waals surface area contributed by atoms with Crippen LogP contribution in [0.1, 0.15) is 47.0 Å². The van der Waals surface area contributed by atoms with E-state index in [1.54, 1.807) is 0 Å². The largest absolute Gasteiger partial charge is 0.377 e. The topological polar surface area (TPSA) is 24.5 Å². The van der Waals surface area contributed by atoms with Crippen LogP contribution >= 0.6 is 0 Å². The number of nitrogens with zero attached hydrogens (tertiary/aromatic N) is 1. The standard InChI is InChI=1S/C16H32N2O/c1-12(2)9-15-11-18(7-8-19-13(3)4)16(10-17-15)14-5-6-14/h12-17H,5-11H2,1-4H3. The maximum absolute atomic E-state index is 5.75. The Labute approximate surface area is 119 Å². The summed E-state index contributed by atoms with van der Waals surface area (Å²) in [4.78, 5) is 2.70. The van der Waals surface area contributed by atoms with Crippen LogP contribution in [0.4, 0.5) is 0 Å². The number of ether oxygens (including phenoxy) is 1. The highest BCUT2D eigenvalue weighted by Gasteiger charge is 2.38. The first-order valence-electron chi connectivity index (χ1n) is 8.15. The van der Waals surface area contributed by atoms with Crippen molar-refractivity contribution in [1.82, 2.24) is 10.2 Å². The van der Waals surface area contributed by atoms with Crippen LogP contribution in [-0.2, 0) is 4.74 Å². The van der Waals surface area contributed by atoms with Gasteiger partial charge in [0.05, 0.1) is 12.7 Å². The summed E-state index contributed by atoms with van der Waals surface area (Å²) in [6, 6.07) is 1.44. The summed E-state index contributed by atoms with van der Waals surface area (Å²) in [7, 11) is 0. The smallest absolute Gasteiger partial charge is 0.0597 e. The molecule has 0 aromatic carbocycles. The molecular weight excluding hydrogens is 236 g/mol. The Morgan fingerprint density at radius 1 is 1.21 bits per heavy atom. The highest BCUT2D eigenvalue weighted by atomic mass is 16.5. The predicted octanol–water partition coefficient (Wildman–Crippen LogP) is 2.51. The molecule has 1 aliphatic heterocycles. The van der Waals surface area contributed by atoms with Gasteiger partial charge in [-0.15, -0.1) is 0 Å². The molecule has 0 spiro atoms. The third-order valence-electron chi connectivity index (χ3n) is 4.29. The number of piperazine rings is 1. The first kappa shape index (κ1) is 15.3. The van der Waals surface area contributed by atoms with E-state index in [9.17, 15) is 0 Å². The Morgan fingerprint density at radius 3 is 2.53 bits per heavy atom. The number of rotatable bonds is 7. The summed E-state index contributed by atoms with van der Waals surface area (Å²) in [6.07, 6.45) is 4.51. The second-order valence-electron chi connectivity index (χ2n) is 7.05. The van der Waals surface area contributed by atoms with Crippen LogP contribution in [0.3, 0.4) is 0 Å². The molecule has 1 aliphatic carbocycles. The SMILES string of the molecule is CC(C)CC1CN(CCOC(C)C)C(C2CC2)CN1. The minimum atomic E-state index is 0.355. The lowest BCUT2D eigenvalue weighted by Crippen LogP contribution is -2.58. The highest BCUT2D eigenvalue weighted by molar-refractivity contribution is 4.95. The van der Waals surface area contributed by atoms with Gasteiger partial charge in [0.25, 0.3) is 0 Å². The summed E-state index contributed by atoms with van der Waals surface area (Å²) in [5.41, 5.74) is 0. The summed E-state index contributed by atoms with van der Waals surface area (Å²) in [6.45, 7) is 13.3. The van der Waals surface area contributed by atoms with Crippen LogP contribution in [0.5, 0.6) is 0 Å². The van der Waals surface area contributed by atoms with Crippen LogP contribution in [0.2, 0.25) is 0 Å². The van der Waals surface area contributed by atoms with Gasteiger partial charge in [0, 0.05) is 31.7 Å². The van der Waals surface area contributed by atoms with E-state index in [2.05, 4.69) is 37.9 Å². The van der Waals surface area contributed by atoms with Crippen molar-refractivity contribution in [1.29, 1.82) is 0 Å². The number of hydrogen-bond acceptors (Lipinski definition) is 3. The molecule has 1 heterocycles. The highest BCUT2D eigenvalue weighted by Crippen LogP contribution is 2.36. The lowest BCUT2D eigenvalue weighted by Gasteiger charge is -2.41. The van der Waals surface area contributed by atoms with Crippen molar-refractivity contribution in [3.05, 3.63) is 0 Å². The Bertz CT molecular complexity index is 263. The van der Waals surface area contributed by atoms with E-state index in [0.717, 1.165) is 31.0 Å². The zero-order valence-electron chi connectivity index (χ0n) is 13.2. The lowest BCUT2D eigenvalue weighted by atomic mass is 9.98. The van der Waals surface area contributed by atoms with E-state index in [4.69, 9.17) is 4.74 Å². The van der Waals surface area contributed by atoms with E-state index in [0.29, 0.717) is 12.1 Å². The molecule has 2 fully saturated rings. The van der Waals surface area contributed by atoms with Crippen LogP contribution < -0.4 is 5.32 Å². The second-order valence-corrected chi connectivity index (χ2v) is 7.05. The average molecular weight is 268 g/mol. The van der Waals surface area contributed by atoms with E-state index < -0.39 is 0 Å². The van der Waals surface area contributed by atoms with Crippen molar-refractivity contribution in [2.75, 3.05) is 26.2 Å². The molecule has 0 aromatic heterocycles. The fourth-order valence-corrected chi connectivity index (χ4v) is 3.24. The first-order chi connectivity index (χ1) is 9.06. The van der Waals surface area contributed by atoms with Gasteiger partial charge in [-0.3, -0.25) is 4.90 Å². The summed E-state index contributed by atoms with van der Waals surface area (Å²) in [5.74, 6) is 1.73. The van der Waals surface area contributed by atoms with E-state index >= 15 is 0 Å². The first-order valence-corrected chi connectivity index (χ1v) is 8.15. The minimum absolute atomic E-state index is 0.355. The van der Waals surface area contributed by atoms with Gasteiger partial charge in [-0.05, 0) is 44.9 Å². The molecule has 0 radical (unpaired) electrons. The van der Waals surface area contributed by atoms with Gasteiger partial charge in [-0.1, -0.05) is 13.8 Å². The third kappa shape index (κ3) is 5.05.